The standard InChI is InChI=1S/C13H14N2/c1-9-7-12(8-10(2)13(9)14)11-3-5-15-6-4-11/h3-8H,14H2,1-2H3. The van der Waals surface area contributed by atoms with E-state index in [-0.39, 0.29) is 0 Å². The molecule has 0 aliphatic heterocycles. The van der Waals surface area contributed by atoms with E-state index in [9.17, 15) is 0 Å². The van der Waals surface area contributed by atoms with E-state index in [1.54, 1.807) is 12.4 Å². The molecule has 0 saturated heterocycles. The monoisotopic (exact) mass is 198 g/mol. The number of aromatic nitrogens is 1. The van der Waals surface area contributed by atoms with Gasteiger partial charge in [-0.15, -0.1) is 0 Å². The molecule has 2 heteroatoms. The third-order valence-corrected chi connectivity index (χ3v) is 2.61. The second-order valence-corrected chi connectivity index (χ2v) is 3.76. The maximum absolute atomic E-state index is 5.92. The fraction of sp³-hybridized carbons (Fsp3) is 0.154. The molecule has 0 spiro atoms. The number of rotatable bonds is 1. The van der Waals surface area contributed by atoms with Crippen LogP contribution in [0.3, 0.4) is 0 Å². The van der Waals surface area contributed by atoms with Gasteiger partial charge in [0.05, 0.1) is 0 Å². The first-order valence-electron chi connectivity index (χ1n) is 4.95. The van der Waals surface area contributed by atoms with Crippen LogP contribution in [0.4, 0.5) is 5.69 Å². The number of hydrogen-bond donors (Lipinski definition) is 1. The summed E-state index contributed by atoms with van der Waals surface area (Å²) in [7, 11) is 0. The molecule has 15 heavy (non-hydrogen) atoms. The van der Waals surface area contributed by atoms with Crippen molar-refractivity contribution in [1.29, 1.82) is 0 Å². The first kappa shape index (κ1) is 9.71. The minimum Gasteiger partial charge on any atom is -0.398 e. The number of nitrogens with zero attached hydrogens (tertiary/aromatic N) is 1. The van der Waals surface area contributed by atoms with Gasteiger partial charge in [-0.1, -0.05) is 0 Å². The van der Waals surface area contributed by atoms with Gasteiger partial charge < -0.3 is 5.73 Å². The minimum atomic E-state index is 0.882. The lowest BCUT2D eigenvalue weighted by Gasteiger charge is -2.08. The zero-order valence-electron chi connectivity index (χ0n) is 8.99. The normalized spacial score (nSPS) is 10.3. The summed E-state index contributed by atoms with van der Waals surface area (Å²) >= 11 is 0. The highest BCUT2D eigenvalue weighted by atomic mass is 14.6. The van der Waals surface area contributed by atoms with Crippen molar-refractivity contribution >= 4 is 5.69 Å². The van der Waals surface area contributed by atoms with Crippen LogP contribution < -0.4 is 5.73 Å². The zero-order chi connectivity index (χ0) is 10.8. The number of anilines is 1. The van der Waals surface area contributed by atoms with Crippen molar-refractivity contribution in [2.45, 2.75) is 13.8 Å². The van der Waals surface area contributed by atoms with Crippen LogP contribution in [0.25, 0.3) is 11.1 Å². The molecule has 76 valence electrons. The van der Waals surface area contributed by atoms with Crippen molar-refractivity contribution in [3.05, 3.63) is 47.8 Å². The highest BCUT2D eigenvalue weighted by molar-refractivity contribution is 5.69. The third kappa shape index (κ3) is 1.84. The molecule has 0 bridgehead atoms. The summed E-state index contributed by atoms with van der Waals surface area (Å²) < 4.78 is 0. The molecule has 1 aromatic carbocycles. The van der Waals surface area contributed by atoms with Gasteiger partial charge in [0.1, 0.15) is 0 Å². The average molecular weight is 198 g/mol. The lowest BCUT2D eigenvalue weighted by Crippen LogP contribution is -1.94. The Kier molecular flexibility index (Phi) is 2.42. The Morgan fingerprint density at radius 2 is 1.47 bits per heavy atom. The van der Waals surface area contributed by atoms with E-state index in [1.807, 2.05) is 26.0 Å². The number of pyridine rings is 1. The molecular formula is C13H14N2. The third-order valence-electron chi connectivity index (χ3n) is 2.61. The SMILES string of the molecule is Cc1cc(-c2ccncc2)cc(C)c1N. The van der Waals surface area contributed by atoms with Crippen LogP contribution in [0.1, 0.15) is 11.1 Å². The second kappa shape index (κ2) is 3.73. The van der Waals surface area contributed by atoms with Crippen molar-refractivity contribution in [3.63, 3.8) is 0 Å². The number of benzene rings is 1. The fourth-order valence-electron chi connectivity index (χ4n) is 1.69. The molecule has 0 saturated carbocycles. The molecular weight excluding hydrogens is 184 g/mol. The maximum Gasteiger partial charge on any atom is 0.0373 e. The summed E-state index contributed by atoms with van der Waals surface area (Å²) in [6.07, 6.45) is 3.60. The number of nitrogen functional groups attached to an aromatic ring is 1. The number of aryl methyl sites for hydroxylation is 2. The topological polar surface area (TPSA) is 38.9 Å². The zero-order valence-corrected chi connectivity index (χ0v) is 8.99. The molecule has 0 fully saturated rings. The number of hydrogen-bond acceptors (Lipinski definition) is 2. The van der Waals surface area contributed by atoms with Crippen molar-refractivity contribution < 1.29 is 0 Å². The molecule has 2 rings (SSSR count). The first-order valence-corrected chi connectivity index (χ1v) is 4.95. The van der Waals surface area contributed by atoms with Gasteiger partial charge in [-0.05, 0) is 60.4 Å². The summed E-state index contributed by atoms with van der Waals surface area (Å²) in [4.78, 5) is 4.01. The van der Waals surface area contributed by atoms with E-state index in [1.165, 1.54) is 11.1 Å². The average Bonchev–Trinajstić information content (AvgIpc) is 2.26. The molecule has 0 atom stereocenters. The van der Waals surface area contributed by atoms with Gasteiger partial charge in [0.15, 0.2) is 0 Å². The van der Waals surface area contributed by atoms with Gasteiger partial charge >= 0.3 is 0 Å². The summed E-state index contributed by atoms with van der Waals surface area (Å²) in [5.74, 6) is 0. The fourth-order valence-corrected chi connectivity index (χ4v) is 1.69. The lowest BCUT2D eigenvalue weighted by molar-refractivity contribution is 1.32. The summed E-state index contributed by atoms with van der Waals surface area (Å²) in [6.45, 7) is 4.07. The van der Waals surface area contributed by atoms with E-state index >= 15 is 0 Å². The van der Waals surface area contributed by atoms with E-state index in [0.717, 1.165) is 16.8 Å². The van der Waals surface area contributed by atoms with Crippen LogP contribution in [0.2, 0.25) is 0 Å². The Morgan fingerprint density at radius 3 is 2.00 bits per heavy atom. The van der Waals surface area contributed by atoms with E-state index in [0.29, 0.717) is 0 Å². The van der Waals surface area contributed by atoms with Crippen LogP contribution in [0.5, 0.6) is 0 Å². The molecule has 2 aromatic rings. The molecule has 0 aliphatic carbocycles. The second-order valence-electron chi connectivity index (χ2n) is 3.76. The van der Waals surface area contributed by atoms with Crippen molar-refractivity contribution in [1.82, 2.24) is 4.98 Å². The highest BCUT2D eigenvalue weighted by Gasteiger charge is 2.03. The summed E-state index contributed by atoms with van der Waals surface area (Å²) in [6, 6.07) is 8.23. The molecule has 2 nitrogen and oxygen atoms in total. The van der Waals surface area contributed by atoms with Crippen LogP contribution in [-0.2, 0) is 0 Å². The van der Waals surface area contributed by atoms with Crippen LogP contribution in [0, 0.1) is 13.8 Å². The van der Waals surface area contributed by atoms with E-state index in [4.69, 9.17) is 5.73 Å². The van der Waals surface area contributed by atoms with E-state index in [2.05, 4.69) is 17.1 Å². The molecule has 2 N–H and O–H groups in total. The summed E-state index contributed by atoms with van der Waals surface area (Å²) in [5, 5.41) is 0. The van der Waals surface area contributed by atoms with Gasteiger partial charge in [-0.25, -0.2) is 0 Å². The maximum atomic E-state index is 5.92. The molecule has 0 amide bonds. The first-order chi connectivity index (χ1) is 7.18. The molecule has 0 radical (unpaired) electrons. The lowest BCUT2D eigenvalue weighted by atomic mass is 10.00. The Balaban J connectivity index is 2.56. The van der Waals surface area contributed by atoms with Crippen molar-refractivity contribution in [2.75, 3.05) is 5.73 Å². The molecule has 0 aliphatic rings. The van der Waals surface area contributed by atoms with Gasteiger partial charge in [-0.3, -0.25) is 4.98 Å². The Labute approximate surface area is 89.8 Å². The quantitative estimate of drug-likeness (QED) is 0.715. The Hall–Kier alpha value is -1.83. The predicted molar refractivity (Wildman–Crippen MR) is 63.6 cm³/mol. The van der Waals surface area contributed by atoms with Gasteiger partial charge in [0.25, 0.3) is 0 Å². The smallest absolute Gasteiger partial charge is 0.0373 e. The Morgan fingerprint density at radius 1 is 0.933 bits per heavy atom. The Bertz CT molecular complexity index is 452. The van der Waals surface area contributed by atoms with Crippen LogP contribution in [-0.4, -0.2) is 4.98 Å². The predicted octanol–water partition coefficient (Wildman–Crippen LogP) is 2.95. The van der Waals surface area contributed by atoms with Gasteiger partial charge in [-0.2, -0.15) is 0 Å². The van der Waals surface area contributed by atoms with Crippen molar-refractivity contribution in [2.24, 2.45) is 0 Å². The largest absolute Gasteiger partial charge is 0.398 e. The van der Waals surface area contributed by atoms with Crippen molar-refractivity contribution in [3.8, 4) is 11.1 Å². The minimum absolute atomic E-state index is 0.882. The van der Waals surface area contributed by atoms with Gasteiger partial charge in [0.2, 0.25) is 0 Å². The van der Waals surface area contributed by atoms with E-state index < -0.39 is 0 Å². The number of nitrogens with two attached hydrogens (primary N) is 1. The molecule has 1 heterocycles. The van der Waals surface area contributed by atoms with Crippen LogP contribution >= 0.6 is 0 Å². The molecule has 0 unspecified atom stereocenters. The highest BCUT2D eigenvalue weighted by Crippen LogP contribution is 2.25. The molecule has 1 aromatic heterocycles. The summed E-state index contributed by atoms with van der Waals surface area (Å²) in [5.41, 5.74) is 11.4. The van der Waals surface area contributed by atoms with Gasteiger partial charge in [0, 0.05) is 18.1 Å². The van der Waals surface area contributed by atoms with Crippen LogP contribution in [0.15, 0.2) is 36.7 Å².